The largest absolute Gasteiger partial charge is 0.334 e. The van der Waals surface area contributed by atoms with E-state index >= 15 is 0 Å². The van der Waals surface area contributed by atoms with Gasteiger partial charge in [-0.2, -0.15) is 5.21 Å². The summed E-state index contributed by atoms with van der Waals surface area (Å²) >= 11 is 4.95. The van der Waals surface area contributed by atoms with Gasteiger partial charge in [0, 0.05) is 21.8 Å². The van der Waals surface area contributed by atoms with Gasteiger partial charge in [0.05, 0.1) is 6.54 Å². The maximum atomic E-state index is 11.8. The van der Waals surface area contributed by atoms with Crippen LogP contribution in [0.5, 0.6) is 0 Å². The van der Waals surface area contributed by atoms with Crippen molar-refractivity contribution in [1.29, 1.82) is 0 Å². The summed E-state index contributed by atoms with van der Waals surface area (Å²) in [6.45, 7) is 0.531. The van der Waals surface area contributed by atoms with Crippen LogP contribution in [0.15, 0.2) is 15.9 Å². The monoisotopic (exact) mass is 301 g/mol. The van der Waals surface area contributed by atoms with Crippen molar-refractivity contribution in [3.05, 3.63) is 26.6 Å². The van der Waals surface area contributed by atoms with Gasteiger partial charge in [-0.1, -0.05) is 0 Å². The molecule has 0 saturated heterocycles. The van der Waals surface area contributed by atoms with Gasteiger partial charge >= 0.3 is 0 Å². The summed E-state index contributed by atoms with van der Waals surface area (Å²) in [6, 6.07) is 1.98. The highest BCUT2D eigenvalue weighted by Crippen LogP contribution is 2.20. The number of carbonyl (C=O) groups is 1. The standard InChI is InChI=1S/C8H8BrN5OS/c1-14(3-6-2-5(9)4-16-6)8(15)7-10-12-13-11-7/h2,4H,3H2,1H3,(H,10,11,12,13). The van der Waals surface area contributed by atoms with E-state index in [4.69, 9.17) is 0 Å². The molecule has 0 aliphatic heterocycles. The molecule has 0 atom stereocenters. The number of aromatic amines is 1. The number of H-pyrrole nitrogens is 1. The van der Waals surface area contributed by atoms with Crippen LogP contribution in [0.3, 0.4) is 0 Å². The molecule has 8 heteroatoms. The predicted molar refractivity (Wildman–Crippen MR) is 62.0 cm³/mol. The maximum absolute atomic E-state index is 11.8. The molecule has 0 saturated carbocycles. The summed E-state index contributed by atoms with van der Waals surface area (Å²) in [7, 11) is 1.70. The van der Waals surface area contributed by atoms with Gasteiger partial charge in [-0.3, -0.25) is 4.79 Å². The Morgan fingerprint density at radius 3 is 3.06 bits per heavy atom. The molecule has 0 aliphatic carbocycles. The topological polar surface area (TPSA) is 74.8 Å². The van der Waals surface area contributed by atoms with Crippen molar-refractivity contribution in [2.24, 2.45) is 0 Å². The zero-order chi connectivity index (χ0) is 11.5. The third-order valence-corrected chi connectivity index (χ3v) is 3.58. The zero-order valence-electron chi connectivity index (χ0n) is 8.35. The third-order valence-electron chi connectivity index (χ3n) is 1.90. The summed E-state index contributed by atoms with van der Waals surface area (Å²) in [4.78, 5) is 14.4. The number of amides is 1. The van der Waals surface area contributed by atoms with Crippen molar-refractivity contribution in [2.45, 2.75) is 6.54 Å². The Morgan fingerprint density at radius 2 is 2.50 bits per heavy atom. The summed E-state index contributed by atoms with van der Waals surface area (Å²) in [6.07, 6.45) is 0. The number of hydrogen-bond acceptors (Lipinski definition) is 5. The maximum Gasteiger partial charge on any atom is 0.295 e. The first kappa shape index (κ1) is 11.2. The number of halogens is 1. The molecule has 0 fully saturated rings. The molecule has 0 radical (unpaired) electrons. The summed E-state index contributed by atoms with van der Waals surface area (Å²) in [5.74, 6) is -0.170. The minimum Gasteiger partial charge on any atom is -0.334 e. The summed E-state index contributed by atoms with van der Waals surface area (Å²) in [5, 5.41) is 14.9. The van der Waals surface area contributed by atoms with Gasteiger partial charge in [-0.05, 0) is 27.2 Å². The highest BCUT2D eigenvalue weighted by Gasteiger charge is 2.16. The molecule has 1 N–H and O–H groups in total. The van der Waals surface area contributed by atoms with E-state index in [0.29, 0.717) is 6.54 Å². The van der Waals surface area contributed by atoms with E-state index in [1.54, 1.807) is 23.3 Å². The van der Waals surface area contributed by atoms with Crippen molar-refractivity contribution in [2.75, 3.05) is 7.05 Å². The second kappa shape index (κ2) is 4.71. The Bertz CT molecular complexity index is 482. The van der Waals surface area contributed by atoms with E-state index in [1.165, 1.54) is 0 Å². The lowest BCUT2D eigenvalue weighted by Gasteiger charge is -2.13. The van der Waals surface area contributed by atoms with Gasteiger partial charge in [0.15, 0.2) is 0 Å². The highest BCUT2D eigenvalue weighted by molar-refractivity contribution is 9.10. The van der Waals surface area contributed by atoms with E-state index in [2.05, 4.69) is 36.6 Å². The minimum absolute atomic E-state index is 0.0816. The molecule has 0 unspecified atom stereocenters. The number of hydrogen-bond donors (Lipinski definition) is 1. The van der Waals surface area contributed by atoms with Gasteiger partial charge in [0.25, 0.3) is 11.7 Å². The minimum atomic E-state index is -0.252. The molecule has 0 spiro atoms. The molecule has 2 aromatic heterocycles. The number of carbonyl (C=O) groups excluding carboxylic acids is 1. The Labute approximate surface area is 104 Å². The smallest absolute Gasteiger partial charge is 0.295 e. The lowest BCUT2D eigenvalue weighted by atomic mass is 10.4. The normalized spacial score (nSPS) is 10.4. The average molecular weight is 302 g/mol. The fraction of sp³-hybridized carbons (Fsp3) is 0.250. The quantitative estimate of drug-likeness (QED) is 0.927. The SMILES string of the molecule is CN(Cc1cc(Br)cs1)C(=O)c1nn[nH]n1. The van der Waals surface area contributed by atoms with E-state index in [-0.39, 0.29) is 11.7 Å². The third kappa shape index (κ3) is 2.45. The van der Waals surface area contributed by atoms with Crippen LogP contribution in [0, 0.1) is 0 Å². The molecule has 0 aliphatic rings. The fourth-order valence-electron chi connectivity index (χ4n) is 1.17. The number of nitrogens with one attached hydrogen (secondary N) is 1. The Hall–Kier alpha value is -1.28. The molecule has 16 heavy (non-hydrogen) atoms. The van der Waals surface area contributed by atoms with Crippen LogP contribution in [0.25, 0.3) is 0 Å². The van der Waals surface area contributed by atoms with Crippen LogP contribution in [0.1, 0.15) is 15.5 Å². The molecule has 84 valence electrons. The van der Waals surface area contributed by atoms with Crippen molar-refractivity contribution in [3.63, 3.8) is 0 Å². The first-order valence-electron chi connectivity index (χ1n) is 4.38. The van der Waals surface area contributed by atoms with E-state index in [9.17, 15) is 4.79 Å². The second-order valence-corrected chi connectivity index (χ2v) is 5.04. The first-order valence-corrected chi connectivity index (χ1v) is 6.06. The van der Waals surface area contributed by atoms with Gasteiger partial charge in [-0.15, -0.1) is 21.5 Å². The van der Waals surface area contributed by atoms with Crippen molar-refractivity contribution < 1.29 is 4.79 Å². The van der Waals surface area contributed by atoms with E-state index < -0.39 is 0 Å². The van der Waals surface area contributed by atoms with Gasteiger partial charge in [0.1, 0.15) is 0 Å². The van der Waals surface area contributed by atoms with Gasteiger partial charge in [0.2, 0.25) is 0 Å². The number of thiophene rings is 1. The van der Waals surface area contributed by atoms with Crippen molar-refractivity contribution in [3.8, 4) is 0 Å². The van der Waals surface area contributed by atoms with Crippen LogP contribution >= 0.6 is 27.3 Å². The zero-order valence-corrected chi connectivity index (χ0v) is 10.7. The van der Waals surface area contributed by atoms with E-state index in [0.717, 1.165) is 9.35 Å². The van der Waals surface area contributed by atoms with Gasteiger partial charge in [-0.25, -0.2) is 0 Å². The van der Waals surface area contributed by atoms with Crippen molar-refractivity contribution in [1.82, 2.24) is 25.5 Å². The molecular weight excluding hydrogens is 294 g/mol. The number of rotatable bonds is 3. The molecule has 0 bridgehead atoms. The first-order chi connectivity index (χ1) is 7.66. The van der Waals surface area contributed by atoms with Crippen LogP contribution in [0.2, 0.25) is 0 Å². The summed E-state index contributed by atoms with van der Waals surface area (Å²) < 4.78 is 1.02. The predicted octanol–water partition coefficient (Wildman–Crippen LogP) is 1.30. The average Bonchev–Trinajstić information content (AvgIpc) is 2.88. The molecule has 2 heterocycles. The number of tetrazole rings is 1. The van der Waals surface area contributed by atoms with Crippen LogP contribution in [-0.2, 0) is 6.54 Å². The molecular formula is C8H8BrN5OS. The van der Waals surface area contributed by atoms with Crippen LogP contribution in [-0.4, -0.2) is 38.5 Å². The molecule has 2 aromatic rings. The molecule has 1 amide bonds. The Morgan fingerprint density at radius 1 is 1.69 bits per heavy atom. The molecule has 6 nitrogen and oxygen atoms in total. The van der Waals surface area contributed by atoms with E-state index in [1.807, 2.05) is 11.4 Å². The van der Waals surface area contributed by atoms with Crippen molar-refractivity contribution >= 4 is 33.2 Å². The lowest BCUT2D eigenvalue weighted by Crippen LogP contribution is -2.26. The number of aromatic nitrogens is 4. The van der Waals surface area contributed by atoms with Crippen LogP contribution in [0.4, 0.5) is 0 Å². The lowest BCUT2D eigenvalue weighted by molar-refractivity contribution is 0.0774. The molecule has 0 aromatic carbocycles. The molecule has 2 rings (SSSR count). The Balaban J connectivity index is 2.03. The van der Waals surface area contributed by atoms with Crippen LogP contribution < -0.4 is 0 Å². The Kier molecular flexibility index (Phi) is 3.30. The van der Waals surface area contributed by atoms with Gasteiger partial charge < -0.3 is 4.90 Å². The number of nitrogens with zero attached hydrogens (tertiary/aromatic N) is 4. The fourth-order valence-corrected chi connectivity index (χ4v) is 2.67. The highest BCUT2D eigenvalue weighted by atomic mass is 79.9. The summed E-state index contributed by atoms with van der Waals surface area (Å²) in [5.41, 5.74) is 0. The second-order valence-electron chi connectivity index (χ2n) is 3.13.